The van der Waals surface area contributed by atoms with Crippen molar-refractivity contribution in [2.24, 2.45) is 0 Å². The molecule has 0 amide bonds. The third-order valence-electron chi connectivity index (χ3n) is 9.60. The first-order valence-corrected chi connectivity index (χ1v) is 18.6. The molecule has 3 nitrogen and oxygen atoms in total. The van der Waals surface area contributed by atoms with Gasteiger partial charge in [0.1, 0.15) is 5.58 Å². The molecule has 0 unspecified atom stereocenters. The van der Waals surface area contributed by atoms with Crippen molar-refractivity contribution in [3.05, 3.63) is 182 Å². The normalized spacial score (nSPS) is 11.6. The Bertz CT molecular complexity index is 2840. The molecular formula is C46H30N2OSe. The molecule has 0 atom stereocenters. The Labute approximate surface area is 295 Å². The topological polar surface area (TPSA) is 19.6 Å². The number of fused-ring (bicyclic) bond motifs is 8. The van der Waals surface area contributed by atoms with E-state index in [0.717, 1.165) is 50.4 Å². The van der Waals surface area contributed by atoms with Crippen molar-refractivity contribution >= 4 is 101 Å². The summed E-state index contributed by atoms with van der Waals surface area (Å²) in [5, 5.41) is 7.59. The number of benzene rings is 8. The van der Waals surface area contributed by atoms with E-state index < -0.39 is 0 Å². The number of rotatable bonds is 6. The third-order valence-corrected chi connectivity index (χ3v) is 12.1. The Balaban J connectivity index is 1.18. The second kappa shape index (κ2) is 11.8. The van der Waals surface area contributed by atoms with Crippen LogP contribution >= 0.6 is 0 Å². The minimum atomic E-state index is 0.213. The molecule has 0 bridgehead atoms. The third kappa shape index (κ3) is 4.73. The van der Waals surface area contributed by atoms with Gasteiger partial charge in [0.25, 0.3) is 0 Å². The molecule has 50 heavy (non-hydrogen) atoms. The molecule has 0 radical (unpaired) electrons. The summed E-state index contributed by atoms with van der Waals surface area (Å²) in [6.07, 6.45) is 0. The van der Waals surface area contributed by atoms with Gasteiger partial charge in [-0.05, 0) is 6.07 Å². The van der Waals surface area contributed by atoms with Crippen LogP contribution in [0.4, 0.5) is 34.1 Å². The van der Waals surface area contributed by atoms with Gasteiger partial charge in [0.05, 0.1) is 0 Å². The molecule has 0 fully saturated rings. The molecule has 0 aliphatic heterocycles. The van der Waals surface area contributed by atoms with Crippen LogP contribution < -0.4 is 9.80 Å². The Morgan fingerprint density at radius 3 is 1.80 bits per heavy atom. The van der Waals surface area contributed by atoms with E-state index in [2.05, 4.69) is 180 Å². The molecule has 236 valence electrons. The zero-order valence-electron chi connectivity index (χ0n) is 27.0. The van der Waals surface area contributed by atoms with Gasteiger partial charge in [0.2, 0.25) is 0 Å². The van der Waals surface area contributed by atoms with Crippen LogP contribution in [0.1, 0.15) is 0 Å². The first-order chi connectivity index (χ1) is 24.8. The van der Waals surface area contributed by atoms with Gasteiger partial charge in [-0.1, -0.05) is 18.2 Å². The SMILES string of the molecule is c1ccc(N(c2cccc(N(c3ccccc3)c3cccc4[se]c5c6ccccc6ccc5c34)c2)c2ccc3c(c2)oc2ccccc23)cc1. The summed E-state index contributed by atoms with van der Waals surface area (Å²) < 4.78 is 9.25. The standard InChI is InChI=1S/C46H30N2OSe/c1-3-14-32(15-4-1)47(36-26-28-39-38-21-9-10-23-42(38)49-43(39)30-36)34-18-11-19-35(29-34)48(33-16-5-2-6-17-33)41-22-12-24-44-45(41)40-27-25-31-13-7-8-20-37(31)46(40)50-44/h1-30H. The summed E-state index contributed by atoms with van der Waals surface area (Å²) in [5.41, 5.74) is 8.36. The number of anilines is 6. The van der Waals surface area contributed by atoms with E-state index in [1.165, 1.54) is 35.8 Å². The van der Waals surface area contributed by atoms with Gasteiger partial charge >= 0.3 is 262 Å². The number of hydrogen-bond donors (Lipinski definition) is 0. The average Bonchev–Trinajstić information content (AvgIpc) is 3.75. The molecule has 0 aliphatic carbocycles. The summed E-state index contributed by atoms with van der Waals surface area (Å²) in [7, 11) is 0. The Morgan fingerprint density at radius 1 is 0.380 bits per heavy atom. The van der Waals surface area contributed by atoms with Gasteiger partial charge in [-0.3, -0.25) is 0 Å². The van der Waals surface area contributed by atoms with E-state index >= 15 is 0 Å². The predicted octanol–water partition coefficient (Wildman–Crippen LogP) is 13.0. The van der Waals surface area contributed by atoms with Crippen LogP contribution in [0.3, 0.4) is 0 Å². The van der Waals surface area contributed by atoms with Crippen LogP contribution in [0.2, 0.25) is 0 Å². The van der Waals surface area contributed by atoms with E-state index in [-0.39, 0.29) is 14.5 Å². The minimum absolute atomic E-state index is 0.213. The Kier molecular flexibility index (Phi) is 6.83. The quantitative estimate of drug-likeness (QED) is 0.161. The van der Waals surface area contributed by atoms with Gasteiger partial charge in [-0.15, -0.1) is 0 Å². The molecule has 0 aliphatic rings. The molecule has 2 aromatic heterocycles. The van der Waals surface area contributed by atoms with Gasteiger partial charge in [0.15, 0.2) is 0 Å². The summed E-state index contributed by atoms with van der Waals surface area (Å²) in [6, 6.07) is 65.3. The molecule has 10 aromatic rings. The molecule has 4 heteroatoms. The monoisotopic (exact) mass is 706 g/mol. The van der Waals surface area contributed by atoms with Gasteiger partial charge in [-0.2, -0.15) is 0 Å². The molecule has 0 saturated carbocycles. The second-order valence-corrected chi connectivity index (χ2v) is 14.8. The maximum absolute atomic E-state index is 6.36. The van der Waals surface area contributed by atoms with E-state index in [1.54, 1.807) is 0 Å². The second-order valence-electron chi connectivity index (χ2n) is 12.6. The van der Waals surface area contributed by atoms with Crippen LogP contribution in [-0.4, -0.2) is 14.5 Å². The van der Waals surface area contributed by atoms with E-state index in [1.807, 2.05) is 12.1 Å². The van der Waals surface area contributed by atoms with Crippen molar-refractivity contribution in [2.45, 2.75) is 0 Å². The van der Waals surface area contributed by atoms with Crippen molar-refractivity contribution in [3.8, 4) is 0 Å². The number of nitrogens with zero attached hydrogens (tertiary/aromatic N) is 2. The van der Waals surface area contributed by atoms with Gasteiger partial charge < -0.3 is 0 Å². The zero-order valence-corrected chi connectivity index (χ0v) is 28.7. The van der Waals surface area contributed by atoms with Crippen molar-refractivity contribution in [1.82, 2.24) is 0 Å². The van der Waals surface area contributed by atoms with Crippen LogP contribution in [0.25, 0.3) is 52.0 Å². The predicted molar refractivity (Wildman–Crippen MR) is 213 cm³/mol. The Hall–Kier alpha value is -6.06. The summed E-state index contributed by atoms with van der Waals surface area (Å²) >= 11 is 0.213. The van der Waals surface area contributed by atoms with Gasteiger partial charge in [-0.25, -0.2) is 0 Å². The molecule has 8 aromatic carbocycles. The van der Waals surface area contributed by atoms with Crippen LogP contribution in [0.5, 0.6) is 0 Å². The number of furan rings is 1. The molecule has 0 N–H and O–H groups in total. The van der Waals surface area contributed by atoms with E-state index in [4.69, 9.17) is 4.42 Å². The summed E-state index contributed by atoms with van der Waals surface area (Å²) in [4.78, 5) is 4.74. The zero-order chi connectivity index (χ0) is 33.0. The van der Waals surface area contributed by atoms with Crippen molar-refractivity contribution in [2.75, 3.05) is 9.80 Å². The number of hydrogen-bond acceptors (Lipinski definition) is 3. The fraction of sp³-hybridized carbons (Fsp3) is 0. The molecule has 2 heterocycles. The van der Waals surface area contributed by atoms with Crippen molar-refractivity contribution in [3.63, 3.8) is 0 Å². The molecule has 0 spiro atoms. The number of para-hydroxylation sites is 3. The van der Waals surface area contributed by atoms with Gasteiger partial charge in [0, 0.05) is 5.39 Å². The van der Waals surface area contributed by atoms with Crippen molar-refractivity contribution in [1.29, 1.82) is 0 Å². The average molecular weight is 706 g/mol. The molecule has 10 rings (SSSR count). The Morgan fingerprint density at radius 2 is 0.980 bits per heavy atom. The first kappa shape index (κ1) is 28.9. The maximum atomic E-state index is 6.36. The van der Waals surface area contributed by atoms with E-state index in [0.29, 0.717) is 0 Å². The fourth-order valence-electron chi connectivity index (χ4n) is 7.37. The van der Waals surface area contributed by atoms with Crippen molar-refractivity contribution < 1.29 is 4.42 Å². The molecule has 0 saturated heterocycles. The van der Waals surface area contributed by atoms with Crippen LogP contribution in [0, 0.1) is 0 Å². The van der Waals surface area contributed by atoms with E-state index in [9.17, 15) is 0 Å². The molecular weight excluding hydrogens is 675 g/mol. The summed E-state index contributed by atoms with van der Waals surface area (Å²) in [6.45, 7) is 0. The first-order valence-electron chi connectivity index (χ1n) is 16.8. The summed E-state index contributed by atoms with van der Waals surface area (Å²) in [5.74, 6) is 0. The van der Waals surface area contributed by atoms with Crippen LogP contribution in [-0.2, 0) is 0 Å². The van der Waals surface area contributed by atoms with Crippen LogP contribution in [0.15, 0.2) is 186 Å². The fourth-order valence-corrected chi connectivity index (χ4v) is 10.0.